The third-order valence-corrected chi connectivity index (χ3v) is 9.97. The van der Waals surface area contributed by atoms with E-state index in [-0.39, 0.29) is 5.04 Å². The molecule has 0 aliphatic carbocycles. The molecule has 0 aliphatic rings. The molecule has 0 aliphatic heterocycles. The van der Waals surface area contributed by atoms with Gasteiger partial charge in [0.25, 0.3) is 8.32 Å². The van der Waals surface area contributed by atoms with E-state index in [0.29, 0.717) is 13.0 Å². The molecule has 0 fully saturated rings. The summed E-state index contributed by atoms with van der Waals surface area (Å²) < 4.78 is 6.79. The van der Waals surface area contributed by atoms with Gasteiger partial charge in [0.15, 0.2) is 0 Å². The lowest BCUT2D eigenvalue weighted by Crippen LogP contribution is -2.66. The quantitative estimate of drug-likeness (QED) is 0.428. The summed E-state index contributed by atoms with van der Waals surface area (Å²) in [6.45, 7) is 13.2. The Morgan fingerprint density at radius 1 is 1.00 bits per heavy atom. The van der Waals surface area contributed by atoms with Gasteiger partial charge in [-0.3, -0.25) is 0 Å². The number of hydrogen-bond donors (Lipinski definition) is 1. The van der Waals surface area contributed by atoms with Crippen LogP contribution in [0.5, 0.6) is 0 Å². The SMILES string of the molecule is C=C(C)[C@H](O)CCCO[Si](c1ccccc1)(c1ccccc1)C(C)(C)C. The summed E-state index contributed by atoms with van der Waals surface area (Å²) in [6, 6.07) is 21.3. The van der Waals surface area contributed by atoms with E-state index in [1.807, 2.05) is 6.92 Å². The van der Waals surface area contributed by atoms with Crippen LogP contribution in [0.25, 0.3) is 0 Å². The van der Waals surface area contributed by atoms with Gasteiger partial charge in [-0.2, -0.15) is 0 Å². The fourth-order valence-corrected chi connectivity index (χ4v) is 8.12. The second kappa shape index (κ2) is 8.80. The molecule has 0 saturated heterocycles. The molecule has 0 saturated carbocycles. The summed E-state index contributed by atoms with van der Waals surface area (Å²) in [5.74, 6) is 0. The van der Waals surface area contributed by atoms with Crippen molar-refractivity contribution in [3.63, 3.8) is 0 Å². The summed E-state index contributed by atoms with van der Waals surface area (Å²) in [4.78, 5) is 0. The molecular formula is C23H32O2Si. The zero-order chi connectivity index (χ0) is 19.2. The van der Waals surface area contributed by atoms with Crippen molar-refractivity contribution in [2.24, 2.45) is 0 Å². The first-order chi connectivity index (χ1) is 12.3. The number of aliphatic hydroxyl groups is 1. The molecule has 0 bridgehead atoms. The molecule has 0 spiro atoms. The zero-order valence-corrected chi connectivity index (χ0v) is 17.5. The molecule has 1 N–H and O–H groups in total. The standard InChI is InChI=1S/C23H32O2Si/c1-19(2)22(24)17-12-18-25-26(23(3,4)5,20-13-8-6-9-14-20)21-15-10-7-11-16-21/h6-11,13-16,22,24H,1,12,17-18H2,2-5H3/t22-/m1/s1. The van der Waals surface area contributed by atoms with Gasteiger partial charge in [-0.25, -0.2) is 0 Å². The highest BCUT2D eigenvalue weighted by atomic mass is 28.4. The fraction of sp³-hybridized carbons (Fsp3) is 0.391. The van der Waals surface area contributed by atoms with Crippen LogP contribution in [0.15, 0.2) is 72.8 Å². The van der Waals surface area contributed by atoms with E-state index in [1.54, 1.807) is 0 Å². The van der Waals surface area contributed by atoms with Crippen LogP contribution in [0, 0.1) is 0 Å². The van der Waals surface area contributed by atoms with Gasteiger partial charge in [-0.05, 0) is 35.2 Å². The van der Waals surface area contributed by atoms with Gasteiger partial charge in [-0.1, -0.05) is 93.6 Å². The summed E-state index contributed by atoms with van der Waals surface area (Å²) in [5, 5.41) is 12.6. The summed E-state index contributed by atoms with van der Waals surface area (Å²) in [7, 11) is -2.45. The Balaban J connectivity index is 2.36. The first-order valence-electron chi connectivity index (χ1n) is 9.37. The van der Waals surface area contributed by atoms with Crippen LogP contribution in [0.3, 0.4) is 0 Å². The molecule has 0 amide bonds. The van der Waals surface area contributed by atoms with E-state index < -0.39 is 14.4 Å². The topological polar surface area (TPSA) is 29.5 Å². The molecule has 0 aromatic heterocycles. The highest BCUT2D eigenvalue weighted by Crippen LogP contribution is 2.36. The Kier molecular flexibility index (Phi) is 6.99. The lowest BCUT2D eigenvalue weighted by Gasteiger charge is -2.43. The average Bonchev–Trinajstić information content (AvgIpc) is 2.62. The van der Waals surface area contributed by atoms with Gasteiger partial charge in [0.1, 0.15) is 0 Å². The molecule has 0 heterocycles. The Hall–Kier alpha value is -1.68. The Labute approximate surface area is 159 Å². The van der Waals surface area contributed by atoms with E-state index in [0.717, 1.165) is 12.0 Å². The van der Waals surface area contributed by atoms with E-state index in [9.17, 15) is 5.11 Å². The highest BCUT2D eigenvalue weighted by molar-refractivity contribution is 6.99. The molecule has 0 unspecified atom stereocenters. The van der Waals surface area contributed by atoms with Gasteiger partial charge in [0.2, 0.25) is 0 Å². The largest absolute Gasteiger partial charge is 0.407 e. The van der Waals surface area contributed by atoms with Crippen molar-refractivity contribution in [2.75, 3.05) is 6.61 Å². The molecule has 1 atom stereocenters. The number of hydrogen-bond acceptors (Lipinski definition) is 2. The Morgan fingerprint density at radius 3 is 1.85 bits per heavy atom. The predicted molar refractivity (Wildman–Crippen MR) is 114 cm³/mol. The van der Waals surface area contributed by atoms with Crippen molar-refractivity contribution in [3.05, 3.63) is 72.8 Å². The van der Waals surface area contributed by atoms with E-state index >= 15 is 0 Å². The lowest BCUT2D eigenvalue weighted by molar-refractivity contribution is 0.183. The maximum atomic E-state index is 10.0. The molecule has 2 rings (SSSR count). The Bertz CT molecular complexity index is 650. The summed E-state index contributed by atoms with van der Waals surface area (Å²) in [5.41, 5.74) is 0.815. The lowest BCUT2D eigenvalue weighted by atomic mass is 10.1. The molecule has 2 nitrogen and oxygen atoms in total. The average molecular weight is 369 g/mol. The van der Waals surface area contributed by atoms with E-state index in [4.69, 9.17) is 4.43 Å². The Morgan fingerprint density at radius 2 is 1.46 bits per heavy atom. The third-order valence-electron chi connectivity index (χ3n) is 4.93. The van der Waals surface area contributed by atoms with Crippen molar-refractivity contribution in [3.8, 4) is 0 Å². The predicted octanol–water partition coefficient (Wildman–Crippen LogP) is 4.28. The van der Waals surface area contributed by atoms with Crippen LogP contribution >= 0.6 is 0 Å². The number of rotatable bonds is 8. The van der Waals surface area contributed by atoms with E-state index in [1.165, 1.54) is 10.4 Å². The fourth-order valence-electron chi connectivity index (χ4n) is 3.51. The van der Waals surface area contributed by atoms with Crippen LogP contribution in [0.1, 0.15) is 40.5 Å². The number of aliphatic hydroxyl groups excluding tert-OH is 1. The number of benzene rings is 2. The third kappa shape index (κ3) is 4.53. The molecule has 3 heteroatoms. The molecule has 2 aromatic carbocycles. The first-order valence-corrected chi connectivity index (χ1v) is 11.3. The smallest absolute Gasteiger partial charge is 0.261 e. The maximum Gasteiger partial charge on any atom is 0.261 e. The molecular weight excluding hydrogens is 336 g/mol. The van der Waals surface area contributed by atoms with Gasteiger partial charge < -0.3 is 9.53 Å². The van der Waals surface area contributed by atoms with Crippen molar-refractivity contribution in [1.29, 1.82) is 0 Å². The zero-order valence-electron chi connectivity index (χ0n) is 16.5. The van der Waals surface area contributed by atoms with Gasteiger partial charge >= 0.3 is 0 Å². The minimum Gasteiger partial charge on any atom is -0.407 e. The van der Waals surface area contributed by atoms with Gasteiger partial charge in [-0.15, -0.1) is 0 Å². The van der Waals surface area contributed by atoms with E-state index in [2.05, 4.69) is 88.0 Å². The van der Waals surface area contributed by atoms with Crippen LogP contribution in [-0.4, -0.2) is 26.1 Å². The van der Waals surface area contributed by atoms with Crippen LogP contribution in [-0.2, 0) is 4.43 Å². The van der Waals surface area contributed by atoms with Crippen LogP contribution < -0.4 is 10.4 Å². The summed E-state index contributed by atoms with van der Waals surface area (Å²) in [6.07, 6.45) is 1.06. The molecule has 0 radical (unpaired) electrons. The van der Waals surface area contributed by atoms with Crippen molar-refractivity contribution >= 4 is 18.7 Å². The van der Waals surface area contributed by atoms with Crippen molar-refractivity contribution in [1.82, 2.24) is 0 Å². The second-order valence-corrected chi connectivity index (χ2v) is 12.3. The molecule has 26 heavy (non-hydrogen) atoms. The maximum absolute atomic E-state index is 10.0. The molecule has 2 aromatic rings. The monoisotopic (exact) mass is 368 g/mol. The van der Waals surface area contributed by atoms with Gasteiger partial charge in [0.05, 0.1) is 6.10 Å². The highest BCUT2D eigenvalue weighted by Gasteiger charge is 2.49. The van der Waals surface area contributed by atoms with Crippen LogP contribution in [0.2, 0.25) is 5.04 Å². The van der Waals surface area contributed by atoms with Crippen LogP contribution in [0.4, 0.5) is 0 Å². The van der Waals surface area contributed by atoms with Crippen molar-refractivity contribution < 1.29 is 9.53 Å². The first kappa shape index (κ1) is 20.6. The van der Waals surface area contributed by atoms with Crippen molar-refractivity contribution in [2.45, 2.75) is 51.7 Å². The minimum absolute atomic E-state index is 0.0112. The van der Waals surface area contributed by atoms with Gasteiger partial charge in [0, 0.05) is 6.61 Å². The summed E-state index contributed by atoms with van der Waals surface area (Å²) >= 11 is 0. The normalized spacial score (nSPS) is 13.4. The molecule has 140 valence electrons. The second-order valence-electron chi connectivity index (χ2n) is 8.02. The minimum atomic E-state index is -2.45.